The van der Waals surface area contributed by atoms with E-state index in [1.54, 1.807) is 14.0 Å². The van der Waals surface area contributed by atoms with Crippen LogP contribution in [0.3, 0.4) is 0 Å². The summed E-state index contributed by atoms with van der Waals surface area (Å²) in [4.78, 5) is 6.64. The lowest BCUT2D eigenvalue weighted by molar-refractivity contribution is 0.415. The summed E-state index contributed by atoms with van der Waals surface area (Å²) >= 11 is 6.14. The van der Waals surface area contributed by atoms with Crippen molar-refractivity contribution in [1.29, 1.82) is 0 Å². The van der Waals surface area contributed by atoms with Gasteiger partial charge in [-0.25, -0.2) is 8.42 Å². The number of ether oxygens (including phenoxy) is 1. The minimum atomic E-state index is -3.01. The highest BCUT2D eigenvalue weighted by molar-refractivity contribution is 7.91. The van der Waals surface area contributed by atoms with Gasteiger partial charge in [-0.3, -0.25) is 4.99 Å². The fraction of sp³-hybridized carbons (Fsp3) is 0.611. The van der Waals surface area contributed by atoms with Gasteiger partial charge in [-0.2, -0.15) is 0 Å². The standard InChI is InChI=1S/C18H29ClN4O3S/c1-4-20-18(21-9-11-27(24,25)5-2)22-15-8-10-23(13-15)16-12-14(19)6-7-17(16)26-3/h6-7,12,15H,4-5,8-11,13H2,1-3H3,(H2,20,21,22). The molecule has 2 N–H and O–H groups in total. The molecule has 0 saturated carbocycles. The first-order valence-corrected chi connectivity index (χ1v) is 11.4. The van der Waals surface area contributed by atoms with E-state index in [2.05, 4.69) is 20.5 Å². The quantitative estimate of drug-likeness (QED) is 0.497. The van der Waals surface area contributed by atoms with Gasteiger partial charge in [-0.05, 0) is 31.5 Å². The summed E-state index contributed by atoms with van der Waals surface area (Å²) < 4.78 is 28.7. The second-order valence-electron chi connectivity index (χ2n) is 6.39. The number of nitrogens with one attached hydrogen (secondary N) is 2. The van der Waals surface area contributed by atoms with Crippen LogP contribution in [0.5, 0.6) is 5.75 Å². The smallest absolute Gasteiger partial charge is 0.191 e. The highest BCUT2D eigenvalue weighted by Crippen LogP contribution is 2.33. The Kier molecular flexibility index (Phi) is 8.04. The van der Waals surface area contributed by atoms with Gasteiger partial charge in [0.2, 0.25) is 0 Å². The van der Waals surface area contributed by atoms with Gasteiger partial charge in [0, 0.05) is 36.5 Å². The number of guanidine groups is 1. The Balaban J connectivity index is 1.99. The molecule has 2 rings (SSSR count). The molecule has 1 aliphatic rings. The largest absolute Gasteiger partial charge is 0.495 e. The van der Waals surface area contributed by atoms with Crippen LogP contribution in [-0.2, 0) is 9.84 Å². The van der Waals surface area contributed by atoms with Gasteiger partial charge in [0.25, 0.3) is 0 Å². The summed E-state index contributed by atoms with van der Waals surface area (Å²) in [6.07, 6.45) is 0.938. The summed E-state index contributed by atoms with van der Waals surface area (Å²) in [6, 6.07) is 5.81. The highest BCUT2D eigenvalue weighted by atomic mass is 35.5. The minimum absolute atomic E-state index is 0.0661. The molecule has 1 fully saturated rings. The van der Waals surface area contributed by atoms with Gasteiger partial charge in [-0.15, -0.1) is 0 Å². The highest BCUT2D eigenvalue weighted by Gasteiger charge is 2.25. The Hall–Kier alpha value is -1.67. The molecule has 1 aromatic rings. The van der Waals surface area contributed by atoms with E-state index in [9.17, 15) is 8.42 Å². The molecule has 0 spiro atoms. The summed E-state index contributed by atoms with van der Waals surface area (Å²) in [6.45, 7) is 6.26. The maximum Gasteiger partial charge on any atom is 0.191 e. The molecule has 0 amide bonds. The molecule has 1 aromatic carbocycles. The van der Waals surface area contributed by atoms with E-state index in [1.807, 2.05) is 25.1 Å². The Morgan fingerprint density at radius 3 is 2.85 bits per heavy atom. The zero-order chi connectivity index (χ0) is 19.9. The van der Waals surface area contributed by atoms with Crippen molar-refractivity contribution in [2.24, 2.45) is 4.99 Å². The number of anilines is 1. The molecule has 0 aromatic heterocycles. The van der Waals surface area contributed by atoms with Crippen LogP contribution in [-0.4, -0.2) is 65.2 Å². The Morgan fingerprint density at radius 2 is 2.19 bits per heavy atom. The van der Waals surface area contributed by atoms with Crippen LogP contribution >= 0.6 is 11.6 Å². The number of sulfone groups is 1. The average molecular weight is 417 g/mol. The third-order valence-electron chi connectivity index (χ3n) is 4.47. The van der Waals surface area contributed by atoms with E-state index in [4.69, 9.17) is 16.3 Å². The summed E-state index contributed by atoms with van der Waals surface area (Å²) in [5, 5.41) is 7.26. The van der Waals surface area contributed by atoms with Crippen molar-refractivity contribution >= 4 is 33.1 Å². The molecule has 9 heteroatoms. The molecule has 7 nitrogen and oxygen atoms in total. The number of nitrogens with zero attached hydrogens (tertiary/aromatic N) is 2. The zero-order valence-corrected chi connectivity index (χ0v) is 17.7. The molecule has 152 valence electrons. The van der Waals surface area contributed by atoms with Gasteiger partial charge >= 0.3 is 0 Å². The van der Waals surface area contributed by atoms with E-state index >= 15 is 0 Å². The Labute approximate surface area is 167 Å². The van der Waals surface area contributed by atoms with Crippen LogP contribution in [0.15, 0.2) is 23.2 Å². The molecular formula is C18H29ClN4O3S. The predicted octanol–water partition coefficient (Wildman–Crippen LogP) is 1.92. The summed E-state index contributed by atoms with van der Waals surface area (Å²) in [5.74, 6) is 1.65. The topological polar surface area (TPSA) is 83.0 Å². The van der Waals surface area contributed by atoms with Crippen molar-refractivity contribution in [3.8, 4) is 5.75 Å². The lowest BCUT2D eigenvalue weighted by Gasteiger charge is -2.22. The SMILES string of the molecule is CCNC(=NCCS(=O)(=O)CC)NC1CCN(c2cc(Cl)ccc2OC)C1. The van der Waals surface area contributed by atoms with E-state index in [1.165, 1.54) is 0 Å². The van der Waals surface area contributed by atoms with Crippen LogP contribution < -0.4 is 20.3 Å². The maximum atomic E-state index is 11.6. The average Bonchev–Trinajstić information content (AvgIpc) is 3.10. The second kappa shape index (κ2) is 10.0. The van der Waals surface area contributed by atoms with Crippen molar-refractivity contribution in [3.05, 3.63) is 23.2 Å². The van der Waals surface area contributed by atoms with Crippen LogP contribution in [0.2, 0.25) is 5.02 Å². The van der Waals surface area contributed by atoms with Crippen molar-refractivity contribution in [2.45, 2.75) is 26.3 Å². The fourth-order valence-electron chi connectivity index (χ4n) is 2.96. The van der Waals surface area contributed by atoms with Gasteiger partial charge in [0.1, 0.15) is 5.75 Å². The number of rotatable bonds is 8. The molecule has 0 radical (unpaired) electrons. The summed E-state index contributed by atoms with van der Waals surface area (Å²) in [5.41, 5.74) is 0.977. The molecule has 1 atom stereocenters. The van der Waals surface area contributed by atoms with Gasteiger partial charge < -0.3 is 20.3 Å². The molecule has 1 saturated heterocycles. The number of benzene rings is 1. The van der Waals surface area contributed by atoms with E-state index in [-0.39, 0.29) is 24.1 Å². The normalized spacial score (nSPS) is 17.9. The summed E-state index contributed by atoms with van der Waals surface area (Å²) in [7, 11) is -1.36. The van der Waals surface area contributed by atoms with E-state index in [0.717, 1.165) is 30.9 Å². The molecule has 1 aliphatic heterocycles. The zero-order valence-electron chi connectivity index (χ0n) is 16.2. The lowest BCUT2D eigenvalue weighted by Crippen LogP contribution is -2.44. The van der Waals surface area contributed by atoms with Crippen molar-refractivity contribution in [2.75, 3.05) is 49.7 Å². The van der Waals surface area contributed by atoms with Gasteiger partial charge in [0.05, 0.1) is 25.1 Å². The van der Waals surface area contributed by atoms with Gasteiger partial charge in [0.15, 0.2) is 15.8 Å². The maximum absolute atomic E-state index is 11.6. The lowest BCUT2D eigenvalue weighted by atomic mass is 10.2. The first-order valence-electron chi connectivity index (χ1n) is 9.22. The van der Waals surface area contributed by atoms with Crippen LogP contribution in [0.1, 0.15) is 20.3 Å². The molecule has 1 unspecified atom stereocenters. The van der Waals surface area contributed by atoms with Crippen molar-refractivity contribution < 1.29 is 13.2 Å². The predicted molar refractivity (Wildman–Crippen MR) is 112 cm³/mol. The van der Waals surface area contributed by atoms with Crippen LogP contribution in [0.25, 0.3) is 0 Å². The van der Waals surface area contributed by atoms with E-state index < -0.39 is 9.84 Å². The fourth-order valence-corrected chi connectivity index (χ4v) is 3.79. The number of hydrogen-bond donors (Lipinski definition) is 2. The molecule has 0 bridgehead atoms. The molecule has 27 heavy (non-hydrogen) atoms. The van der Waals surface area contributed by atoms with Gasteiger partial charge in [-0.1, -0.05) is 18.5 Å². The monoisotopic (exact) mass is 416 g/mol. The van der Waals surface area contributed by atoms with Crippen LogP contribution in [0.4, 0.5) is 5.69 Å². The van der Waals surface area contributed by atoms with E-state index in [0.29, 0.717) is 17.5 Å². The third-order valence-corrected chi connectivity index (χ3v) is 6.39. The number of halogens is 1. The Morgan fingerprint density at radius 1 is 1.41 bits per heavy atom. The van der Waals surface area contributed by atoms with Crippen LogP contribution in [0, 0.1) is 0 Å². The minimum Gasteiger partial charge on any atom is -0.495 e. The second-order valence-corrected chi connectivity index (χ2v) is 9.30. The van der Waals surface area contributed by atoms with Crippen molar-refractivity contribution in [3.63, 3.8) is 0 Å². The third kappa shape index (κ3) is 6.46. The number of methoxy groups -OCH3 is 1. The Bertz CT molecular complexity index is 755. The first-order chi connectivity index (χ1) is 12.9. The number of hydrogen-bond acceptors (Lipinski definition) is 5. The molecule has 1 heterocycles. The van der Waals surface area contributed by atoms with Crippen molar-refractivity contribution in [1.82, 2.24) is 10.6 Å². The number of aliphatic imine (C=N–C) groups is 1. The molecular weight excluding hydrogens is 388 g/mol. The first kappa shape index (κ1) is 21.6. The molecule has 0 aliphatic carbocycles.